The molecule has 0 N–H and O–H groups in total. The minimum Gasteiger partial charge on any atom is -0.497 e. The van der Waals surface area contributed by atoms with Crippen molar-refractivity contribution in [3.8, 4) is 5.75 Å². The first-order valence-electron chi connectivity index (χ1n) is 8.46. The van der Waals surface area contributed by atoms with E-state index in [4.69, 9.17) is 4.74 Å². The molecule has 0 saturated carbocycles. The Kier molecular flexibility index (Phi) is 5.78. The van der Waals surface area contributed by atoms with Crippen molar-refractivity contribution >= 4 is 33.2 Å². The average molecular weight is 385 g/mol. The maximum Gasteiger partial charge on any atom is 0.232 e. The molecule has 2 saturated heterocycles. The zero-order valence-corrected chi connectivity index (χ0v) is 16.0. The fraction of sp³-hybridized carbons (Fsp3) is 0.588. The summed E-state index contributed by atoms with van der Waals surface area (Å²) in [5.41, 5.74) is 1.11. The minimum atomic E-state index is -2.87. The zero-order valence-electron chi connectivity index (χ0n) is 14.4. The summed E-state index contributed by atoms with van der Waals surface area (Å²) in [4.78, 5) is 16.5. The third-order valence-electron chi connectivity index (χ3n) is 4.68. The van der Waals surface area contributed by atoms with E-state index in [1.165, 1.54) is 11.8 Å². The van der Waals surface area contributed by atoms with Gasteiger partial charge >= 0.3 is 0 Å². The SMILES string of the molecule is COc1cccc(N2CCN(C(=O)CS[C@H]3CCS(=O)(=O)C3)CC2)c1. The summed E-state index contributed by atoms with van der Waals surface area (Å²) in [5, 5.41) is 0.0759. The topological polar surface area (TPSA) is 66.9 Å². The summed E-state index contributed by atoms with van der Waals surface area (Å²) >= 11 is 1.49. The van der Waals surface area contributed by atoms with E-state index in [0.717, 1.165) is 24.5 Å². The maximum atomic E-state index is 12.4. The second kappa shape index (κ2) is 7.86. The van der Waals surface area contributed by atoms with E-state index in [1.807, 2.05) is 23.1 Å². The Balaban J connectivity index is 1.46. The second-order valence-corrected chi connectivity index (χ2v) is 9.92. The second-order valence-electron chi connectivity index (χ2n) is 6.41. The van der Waals surface area contributed by atoms with Crippen LogP contribution in [0.4, 0.5) is 5.69 Å². The molecule has 25 heavy (non-hydrogen) atoms. The van der Waals surface area contributed by atoms with Gasteiger partial charge in [0.15, 0.2) is 9.84 Å². The summed E-state index contributed by atoms with van der Waals surface area (Å²) in [6.45, 7) is 2.97. The Morgan fingerprint density at radius 3 is 2.68 bits per heavy atom. The van der Waals surface area contributed by atoms with Crippen molar-refractivity contribution in [2.24, 2.45) is 0 Å². The molecule has 0 aliphatic carbocycles. The molecular weight excluding hydrogens is 360 g/mol. The quantitative estimate of drug-likeness (QED) is 0.762. The lowest BCUT2D eigenvalue weighted by molar-refractivity contribution is -0.128. The smallest absolute Gasteiger partial charge is 0.232 e. The first-order chi connectivity index (χ1) is 12.0. The van der Waals surface area contributed by atoms with Crippen LogP contribution in [0.3, 0.4) is 0 Å². The van der Waals surface area contributed by atoms with Crippen molar-refractivity contribution < 1.29 is 17.9 Å². The number of nitrogens with zero attached hydrogens (tertiary/aromatic N) is 2. The third-order valence-corrected chi connectivity index (χ3v) is 7.95. The lowest BCUT2D eigenvalue weighted by atomic mass is 10.2. The lowest BCUT2D eigenvalue weighted by Gasteiger charge is -2.36. The molecule has 1 aromatic carbocycles. The van der Waals surface area contributed by atoms with E-state index in [0.29, 0.717) is 25.3 Å². The standard InChI is InChI=1S/C17H24N2O4S2/c1-23-15-4-2-3-14(11-15)18-6-8-19(9-7-18)17(20)12-24-16-5-10-25(21,22)13-16/h2-4,11,16H,5-10,12-13H2,1H3/t16-/m0/s1. The van der Waals surface area contributed by atoms with Gasteiger partial charge in [-0.2, -0.15) is 0 Å². The van der Waals surface area contributed by atoms with Crippen LogP contribution in [0.15, 0.2) is 24.3 Å². The molecule has 3 rings (SSSR count). The van der Waals surface area contributed by atoms with Gasteiger partial charge in [-0.3, -0.25) is 4.79 Å². The summed E-state index contributed by atoms with van der Waals surface area (Å²) in [6.07, 6.45) is 0.671. The van der Waals surface area contributed by atoms with Gasteiger partial charge in [-0.15, -0.1) is 11.8 Å². The Morgan fingerprint density at radius 2 is 2.04 bits per heavy atom. The fourth-order valence-corrected chi connectivity index (χ4v) is 6.74. The van der Waals surface area contributed by atoms with Gasteiger partial charge < -0.3 is 14.5 Å². The van der Waals surface area contributed by atoms with Crippen LogP contribution in [-0.2, 0) is 14.6 Å². The first-order valence-corrected chi connectivity index (χ1v) is 11.3. The zero-order chi connectivity index (χ0) is 17.9. The number of carbonyl (C=O) groups is 1. The van der Waals surface area contributed by atoms with Crippen LogP contribution in [0.1, 0.15) is 6.42 Å². The van der Waals surface area contributed by atoms with Crippen molar-refractivity contribution in [3.63, 3.8) is 0 Å². The molecule has 138 valence electrons. The van der Waals surface area contributed by atoms with E-state index in [2.05, 4.69) is 11.0 Å². The molecule has 6 nitrogen and oxygen atoms in total. The monoisotopic (exact) mass is 384 g/mol. The normalized spacial score (nSPS) is 22.8. The highest BCUT2D eigenvalue weighted by Gasteiger charge is 2.29. The highest BCUT2D eigenvalue weighted by atomic mass is 32.2. The number of anilines is 1. The number of thioether (sulfide) groups is 1. The van der Waals surface area contributed by atoms with Gasteiger partial charge in [-0.05, 0) is 18.6 Å². The van der Waals surface area contributed by atoms with Gasteiger partial charge in [0.05, 0.1) is 24.4 Å². The molecule has 2 aliphatic rings. The molecule has 2 aliphatic heterocycles. The van der Waals surface area contributed by atoms with Crippen molar-refractivity contribution in [1.82, 2.24) is 4.90 Å². The third kappa shape index (κ3) is 4.82. The molecule has 0 bridgehead atoms. The van der Waals surface area contributed by atoms with Crippen molar-refractivity contribution in [3.05, 3.63) is 24.3 Å². The molecule has 1 aromatic rings. The summed E-state index contributed by atoms with van der Waals surface area (Å²) < 4.78 is 28.2. The van der Waals surface area contributed by atoms with E-state index < -0.39 is 9.84 Å². The molecular formula is C17H24N2O4S2. The van der Waals surface area contributed by atoms with Gasteiger partial charge in [0.25, 0.3) is 0 Å². The van der Waals surface area contributed by atoms with Crippen LogP contribution < -0.4 is 9.64 Å². The van der Waals surface area contributed by atoms with Crippen LogP contribution in [0.2, 0.25) is 0 Å². The maximum absolute atomic E-state index is 12.4. The van der Waals surface area contributed by atoms with Crippen LogP contribution in [0, 0.1) is 0 Å². The average Bonchev–Trinajstić information content (AvgIpc) is 2.99. The molecule has 1 amide bonds. The van der Waals surface area contributed by atoms with Crippen molar-refractivity contribution in [1.29, 1.82) is 0 Å². The summed E-state index contributed by atoms with van der Waals surface area (Å²) in [7, 11) is -1.22. The number of amides is 1. The minimum absolute atomic E-state index is 0.0759. The van der Waals surface area contributed by atoms with Crippen molar-refractivity contribution in [2.45, 2.75) is 11.7 Å². The van der Waals surface area contributed by atoms with Gasteiger partial charge in [0, 0.05) is 43.2 Å². The van der Waals surface area contributed by atoms with Gasteiger partial charge in [0.2, 0.25) is 5.91 Å². The molecule has 8 heteroatoms. The van der Waals surface area contributed by atoms with E-state index in [-0.39, 0.29) is 22.7 Å². The predicted octanol–water partition coefficient (Wildman–Crippen LogP) is 1.26. The Hall–Kier alpha value is -1.41. The fourth-order valence-electron chi connectivity index (χ4n) is 3.19. The summed E-state index contributed by atoms with van der Waals surface area (Å²) in [5.74, 6) is 1.80. The molecule has 0 unspecified atom stereocenters. The number of hydrogen-bond donors (Lipinski definition) is 0. The highest BCUT2D eigenvalue weighted by Crippen LogP contribution is 2.25. The number of sulfone groups is 1. The number of piperazine rings is 1. The van der Waals surface area contributed by atoms with Crippen LogP contribution in [0.5, 0.6) is 5.75 Å². The van der Waals surface area contributed by atoms with E-state index >= 15 is 0 Å². The van der Waals surface area contributed by atoms with Crippen molar-refractivity contribution in [2.75, 3.05) is 55.4 Å². The number of rotatable bonds is 5. The van der Waals surface area contributed by atoms with E-state index in [9.17, 15) is 13.2 Å². The van der Waals surface area contributed by atoms with Crippen LogP contribution in [-0.4, -0.2) is 75.0 Å². The highest BCUT2D eigenvalue weighted by molar-refractivity contribution is 8.02. The number of ether oxygens (including phenoxy) is 1. The molecule has 0 radical (unpaired) electrons. The number of carbonyl (C=O) groups excluding carboxylic acids is 1. The lowest BCUT2D eigenvalue weighted by Crippen LogP contribution is -2.49. The van der Waals surface area contributed by atoms with Crippen LogP contribution in [0.25, 0.3) is 0 Å². The van der Waals surface area contributed by atoms with Gasteiger partial charge in [0.1, 0.15) is 5.75 Å². The Labute approximate surface area is 153 Å². The Bertz CT molecular complexity index is 715. The first kappa shape index (κ1) is 18.4. The molecule has 2 fully saturated rings. The number of benzene rings is 1. The molecule has 0 spiro atoms. The van der Waals surface area contributed by atoms with E-state index in [1.54, 1.807) is 7.11 Å². The molecule has 0 aromatic heterocycles. The molecule has 2 heterocycles. The number of hydrogen-bond acceptors (Lipinski definition) is 6. The predicted molar refractivity (Wildman–Crippen MR) is 101 cm³/mol. The van der Waals surface area contributed by atoms with Gasteiger partial charge in [-0.25, -0.2) is 8.42 Å². The van der Waals surface area contributed by atoms with Gasteiger partial charge in [-0.1, -0.05) is 6.07 Å². The molecule has 1 atom stereocenters. The van der Waals surface area contributed by atoms with Crippen LogP contribution >= 0.6 is 11.8 Å². The number of methoxy groups -OCH3 is 1. The summed E-state index contributed by atoms with van der Waals surface area (Å²) in [6, 6.07) is 7.95. The largest absolute Gasteiger partial charge is 0.497 e. The Morgan fingerprint density at radius 1 is 1.28 bits per heavy atom.